The fraction of sp³-hybridized carbons (Fsp3) is 0.215. The summed E-state index contributed by atoms with van der Waals surface area (Å²) in [5.41, 5.74) is 23.6. The summed E-state index contributed by atoms with van der Waals surface area (Å²) in [6, 6.07) is 72.4. The number of hydrogen-bond acceptors (Lipinski definition) is 11. The summed E-state index contributed by atoms with van der Waals surface area (Å²) < 4.78 is 50.7. The highest BCUT2D eigenvalue weighted by molar-refractivity contribution is 6.07. The van der Waals surface area contributed by atoms with Crippen LogP contribution in [-0.4, -0.2) is 78.7 Å². The molecule has 5 N–H and O–H groups in total. The van der Waals surface area contributed by atoms with Gasteiger partial charge in [0, 0.05) is 33.9 Å². The van der Waals surface area contributed by atoms with Crippen molar-refractivity contribution in [1.82, 2.24) is 0 Å². The molecule has 12 aromatic carbocycles. The first kappa shape index (κ1) is 74.0. The van der Waals surface area contributed by atoms with Gasteiger partial charge in [-0.25, -0.2) is 0 Å². The number of phenols is 1. The molecule has 13 nitrogen and oxygen atoms in total. The van der Waals surface area contributed by atoms with E-state index in [-0.39, 0.29) is 16.9 Å². The molecule has 0 bridgehead atoms. The number of fused-ring (bicyclic) bond motifs is 15. The molecule has 0 spiro atoms. The molecule has 1 unspecified atom stereocenters. The SMILES string of the molecule is COc1ccc(C2(c3ccc(OC)cc3)C=Cc3c4c(c5ccc(OC)cc5c3O2)-c2ccc(OC)cc2CC4)cc1.COc1ccc2c(c1)CCC(=O)C2c1ccc(C)cc1.COc1ccc2c(c1)CCC=C2c1ccc(C)cc1.COc1ccc2c(c1)CCc1cc(O)c3cc(OC)ccc3c1-2.O.O. The number of hydrogen-bond donors (Lipinski definition) is 1. The molecule has 0 saturated carbocycles. The lowest BCUT2D eigenvalue weighted by molar-refractivity contribution is -0.120. The zero-order chi connectivity index (χ0) is 72.2. The molecule has 5 aliphatic rings. The molecule has 1 aliphatic heterocycles. The Morgan fingerprint density at radius 2 is 0.830 bits per heavy atom. The van der Waals surface area contributed by atoms with Gasteiger partial charge < -0.3 is 58.7 Å². The average molecular weight is 1420 g/mol. The number of aromatic hydroxyl groups is 1. The van der Waals surface area contributed by atoms with Crippen LogP contribution in [-0.2, 0) is 48.9 Å². The highest BCUT2D eigenvalue weighted by Crippen LogP contribution is 2.53. The molecule has 0 amide bonds. The molecular formula is C93H90O13. The van der Waals surface area contributed by atoms with Gasteiger partial charge in [0.15, 0.2) is 5.60 Å². The minimum atomic E-state index is -0.865. The van der Waals surface area contributed by atoms with Crippen molar-refractivity contribution in [3.05, 3.63) is 308 Å². The first-order valence-corrected chi connectivity index (χ1v) is 35.5. The second-order valence-electron chi connectivity index (χ2n) is 26.9. The number of rotatable bonds is 12. The number of ether oxygens (including phenoxy) is 9. The smallest absolute Gasteiger partial charge is 0.178 e. The fourth-order valence-corrected chi connectivity index (χ4v) is 15.5. The van der Waals surface area contributed by atoms with Crippen LogP contribution in [0.5, 0.6) is 57.5 Å². The Balaban J connectivity index is 0.000000140. The van der Waals surface area contributed by atoms with E-state index in [1.807, 2.05) is 84.9 Å². The van der Waals surface area contributed by atoms with Crippen LogP contribution in [0.25, 0.3) is 55.4 Å². The van der Waals surface area contributed by atoms with Crippen LogP contribution >= 0.6 is 0 Å². The maximum atomic E-state index is 12.4. The Morgan fingerprint density at radius 1 is 0.396 bits per heavy atom. The van der Waals surface area contributed by atoms with Gasteiger partial charge in [0.25, 0.3) is 0 Å². The lowest BCUT2D eigenvalue weighted by Gasteiger charge is -2.38. The second-order valence-corrected chi connectivity index (χ2v) is 26.9. The lowest BCUT2D eigenvalue weighted by atomic mass is 9.77. The van der Waals surface area contributed by atoms with E-state index >= 15 is 0 Å². The largest absolute Gasteiger partial charge is 0.507 e. The molecular weight excluding hydrogens is 1330 g/mol. The number of methoxy groups -OCH3 is 8. The monoisotopic (exact) mass is 1410 g/mol. The van der Waals surface area contributed by atoms with Crippen molar-refractivity contribution in [2.24, 2.45) is 0 Å². The van der Waals surface area contributed by atoms with Crippen LogP contribution in [0.4, 0.5) is 0 Å². The van der Waals surface area contributed by atoms with Crippen LogP contribution in [0, 0.1) is 13.8 Å². The Hall–Kier alpha value is -11.8. The van der Waals surface area contributed by atoms with Gasteiger partial charge >= 0.3 is 0 Å². The number of allylic oxidation sites excluding steroid dienone is 1. The fourth-order valence-electron chi connectivity index (χ4n) is 15.5. The normalized spacial score (nSPS) is 14.2. The Bertz CT molecular complexity index is 5220. The first-order valence-electron chi connectivity index (χ1n) is 35.5. The maximum Gasteiger partial charge on any atom is 0.178 e. The molecule has 0 fully saturated rings. The van der Waals surface area contributed by atoms with Gasteiger partial charge in [-0.3, -0.25) is 4.79 Å². The Kier molecular flexibility index (Phi) is 22.4. The zero-order valence-corrected chi connectivity index (χ0v) is 61.7. The predicted molar refractivity (Wildman–Crippen MR) is 424 cm³/mol. The number of carbonyl (C=O) groups is 1. The minimum Gasteiger partial charge on any atom is -0.507 e. The molecule has 17 rings (SSSR count). The molecule has 12 aromatic rings. The summed E-state index contributed by atoms with van der Waals surface area (Å²) in [6.45, 7) is 4.18. The van der Waals surface area contributed by atoms with Gasteiger partial charge in [-0.1, -0.05) is 120 Å². The number of phenolic OH excluding ortho intramolecular Hbond substituents is 1. The lowest BCUT2D eigenvalue weighted by Crippen LogP contribution is -2.34. The summed E-state index contributed by atoms with van der Waals surface area (Å²) >= 11 is 0. The minimum absolute atomic E-state index is 0. The van der Waals surface area contributed by atoms with Crippen LogP contribution in [0.3, 0.4) is 0 Å². The zero-order valence-electron chi connectivity index (χ0n) is 61.7. The molecule has 1 heterocycles. The maximum absolute atomic E-state index is 12.4. The quantitative estimate of drug-likeness (QED) is 0.123. The molecule has 540 valence electrons. The van der Waals surface area contributed by atoms with Crippen molar-refractivity contribution >= 4 is 39.0 Å². The predicted octanol–water partition coefficient (Wildman–Crippen LogP) is 18.7. The second kappa shape index (κ2) is 32.1. The summed E-state index contributed by atoms with van der Waals surface area (Å²) in [4.78, 5) is 12.4. The van der Waals surface area contributed by atoms with Crippen LogP contribution < -0.4 is 42.6 Å². The topological polar surface area (TPSA) is 183 Å². The molecule has 0 aromatic heterocycles. The molecule has 0 radical (unpaired) electrons. The van der Waals surface area contributed by atoms with Crippen molar-refractivity contribution in [1.29, 1.82) is 0 Å². The number of benzene rings is 12. The van der Waals surface area contributed by atoms with Crippen molar-refractivity contribution in [2.75, 3.05) is 56.9 Å². The number of aryl methyl sites for hydroxylation is 7. The van der Waals surface area contributed by atoms with Crippen molar-refractivity contribution < 1.29 is 63.5 Å². The van der Waals surface area contributed by atoms with E-state index in [9.17, 15) is 9.90 Å². The van der Waals surface area contributed by atoms with Gasteiger partial charge in [0.05, 0.1) is 62.8 Å². The van der Waals surface area contributed by atoms with Crippen molar-refractivity contribution in [2.45, 2.75) is 76.7 Å². The third-order valence-electron chi connectivity index (χ3n) is 21.0. The third-order valence-corrected chi connectivity index (χ3v) is 21.0. The van der Waals surface area contributed by atoms with Crippen LogP contribution in [0.15, 0.2) is 224 Å². The molecule has 106 heavy (non-hydrogen) atoms. The van der Waals surface area contributed by atoms with Crippen LogP contribution in [0.2, 0.25) is 0 Å². The van der Waals surface area contributed by atoms with E-state index in [1.165, 1.54) is 83.5 Å². The molecule has 0 saturated heterocycles. The highest BCUT2D eigenvalue weighted by atomic mass is 16.5. The number of ketones is 1. The van der Waals surface area contributed by atoms with E-state index in [0.717, 1.165) is 146 Å². The van der Waals surface area contributed by atoms with Gasteiger partial charge in [0.2, 0.25) is 0 Å². The molecule has 1 atom stereocenters. The summed E-state index contributed by atoms with van der Waals surface area (Å²) in [5.74, 6) is 8.06. The van der Waals surface area contributed by atoms with Gasteiger partial charge in [-0.15, -0.1) is 0 Å². The van der Waals surface area contributed by atoms with E-state index < -0.39 is 5.60 Å². The van der Waals surface area contributed by atoms with Gasteiger partial charge in [-0.2, -0.15) is 0 Å². The summed E-state index contributed by atoms with van der Waals surface area (Å²) in [5, 5.41) is 14.4. The average Bonchev–Trinajstić information content (AvgIpc) is 0.710. The van der Waals surface area contributed by atoms with Gasteiger partial charge in [-0.05, 0) is 274 Å². The van der Waals surface area contributed by atoms with Gasteiger partial charge in [0.1, 0.15) is 63.3 Å². The van der Waals surface area contributed by atoms with E-state index in [0.29, 0.717) is 18.0 Å². The highest BCUT2D eigenvalue weighted by Gasteiger charge is 2.40. The number of carbonyl (C=O) groups excluding carboxylic acids is 1. The van der Waals surface area contributed by atoms with Crippen molar-refractivity contribution in [3.63, 3.8) is 0 Å². The van der Waals surface area contributed by atoms with E-state index in [1.54, 1.807) is 56.9 Å². The van der Waals surface area contributed by atoms with Crippen molar-refractivity contribution in [3.8, 4) is 79.7 Å². The third kappa shape index (κ3) is 14.5. The standard InChI is InChI=1S/C37H32O5.C20H18O3.C18H18O2.C18H18O.2H2O/c1-38-26-10-6-24(7-11-26)37(25-8-12-27(39-2)13-9-25)20-19-33-31-16-5-23-21-28(40-3)14-17-30(23)35(31)32-18-15-29(41-4)22-34(32)36(33)42-37;1-22-14-5-7-16-12(9-14)3-4-13-10-19(21)18-11-15(23-2)6-8-17(18)20(13)16;1-12-3-5-13(6-4-12)18-16-9-8-15(20-2)11-14(16)7-10-17(18)19;1-13-6-8-14(9-7-13)17-5-3-4-15-12-16(19-2)10-11-18(15)17;;/h6-15,17-22H,5,16H2,1-4H3;5-11,21H,3-4H2,1-2H3;3-6,8-9,11,18H,7,10H2,1-2H3;5-12H,3-4H2,1-2H3;2*1H2. The van der Waals surface area contributed by atoms with E-state index in [2.05, 4.69) is 159 Å². The number of Topliss-reactive ketones (excluding diaryl/α,β-unsaturated/α-hetero) is 1. The summed E-state index contributed by atoms with van der Waals surface area (Å²) in [6.07, 6.45) is 14.1. The van der Waals surface area contributed by atoms with E-state index in [4.69, 9.17) is 42.6 Å². The molecule has 4 aliphatic carbocycles. The summed E-state index contributed by atoms with van der Waals surface area (Å²) in [7, 11) is 13.5. The molecule has 13 heteroatoms. The Morgan fingerprint density at radius 3 is 1.39 bits per heavy atom. The first-order chi connectivity index (χ1) is 50.7. The Labute approximate surface area is 620 Å². The van der Waals surface area contributed by atoms with Crippen LogP contribution in [0.1, 0.15) is 102 Å².